The summed E-state index contributed by atoms with van der Waals surface area (Å²) in [7, 11) is 1.92. The molecule has 19 heavy (non-hydrogen) atoms. The monoisotopic (exact) mass is 256 g/mol. The Kier molecular flexibility index (Phi) is 3.92. The topological polar surface area (TPSA) is 55.2 Å². The van der Waals surface area contributed by atoms with E-state index in [-0.39, 0.29) is 10.6 Å². The quantitative estimate of drug-likeness (QED) is 0.672. The Hall–Kier alpha value is -2.20. The van der Waals surface area contributed by atoms with Gasteiger partial charge in [-0.3, -0.25) is 10.1 Å². The molecule has 1 N–H and O–H groups in total. The third-order valence-electron chi connectivity index (χ3n) is 3.23. The van der Waals surface area contributed by atoms with Crippen molar-refractivity contribution in [3.63, 3.8) is 0 Å². The Bertz CT molecular complexity index is 579. The molecule has 0 saturated heterocycles. The molecular weight excluding hydrogens is 240 g/mol. The first kappa shape index (κ1) is 13.2. The molecule has 0 saturated carbocycles. The van der Waals surface area contributed by atoms with Gasteiger partial charge in [0, 0.05) is 18.2 Å². The summed E-state index contributed by atoms with van der Waals surface area (Å²) in [5.41, 5.74) is 3.15. The summed E-state index contributed by atoms with van der Waals surface area (Å²) >= 11 is 0. The van der Waals surface area contributed by atoms with Gasteiger partial charge in [-0.1, -0.05) is 36.4 Å². The van der Waals surface area contributed by atoms with E-state index in [1.54, 1.807) is 12.1 Å². The van der Waals surface area contributed by atoms with E-state index in [0.29, 0.717) is 6.04 Å². The molecule has 0 amide bonds. The molecule has 2 aromatic rings. The first-order valence-electron chi connectivity index (χ1n) is 6.14. The minimum Gasteiger partial charge on any atom is -0.313 e. The standard InChI is InChI=1S/C15H16N2O2/c1-11(16-2)12-6-8-13(9-7-12)14-4-3-5-15(10-14)17(18)19/h3-11,16H,1-2H3. The van der Waals surface area contributed by atoms with Crippen LogP contribution in [-0.4, -0.2) is 12.0 Å². The number of nitro groups is 1. The largest absolute Gasteiger partial charge is 0.313 e. The van der Waals surface area contributed by atoms with Crippen LogP contribution in [-0.2, 0) is 0 Å². The van der Waals surface area contributed by atoms with Gasteiger partial charge in [-0.05, 0) is 30.7 Å². The molecule has 98 valence electrons. The summed E-state index contributed by atoms with van der Waals surface area (Å²) in [5.74, 6) is 0. The molecule has 0 radical (unpaired) electrons. The minimum absolute atomic E-state index is 0.116. The molecule has 1 unspecified atom stereocenters. The average Bonchev–Trinajstić information content (AvgIpc) is 2.46. The molecule has 0 spiro atoms. The van der Waals surface area contributed by atoms with E-state index < -0.39 is 0 Å². The maximum atomic E-state index is 10.8. The molecule has 2 aromatic carbocycles. The second kappa shape index (κ2) is 5.63. The Morgan fingerprint density at radius 2 is 1.79 bits per heavy atom. The fourth-order valence-electron chi connectivity index (χ4n) is 1.93. The number of nitrogens with zero attached hydrogens (tertiary/aromatic N) is 1. The highest BCUT2D eigenvalue weighted by Crippen LogP contribution is 2.25. The second-order valence-corrected chi connectivity index (χ2v) is 4.44. The molecule has 0 aliphatic carbocycles. The zero-order chi connectivity index (χ0) is 13.8. The van der Waals surface area contributed by atoms with Gasteiger partial charge in [0.15, 0.2) is 0 Å². The molecule has 2 rings (SSSR count). The smallest absolute Gasteiger partial charge is 0.270 e. The van der Waals surface area contributed by atoms with E-state index in [0.717, 1.165) is 11.1 Å². The van der Waals surface area contributed by atoms with Crippen LogP contribution < -0.4 is 5.32 Å². The lowest BCUT2D eigenvalue weighted by atomic mass is 10.0. The van der Waals surface area contributed by atoms with Gasteiger partial charge in [-0.15, -0.1) is 0 Å². The lowest BCUT2D eigenvalue weighted by Crippen LogP contribution is -2.11. The summed E-state index contributed by atoms with van der Waals surface area (Å²) in [4.78, 5) is 10.4. The molecule has 1 atom stereocenters. The Morgan fingerprint density at radius 1 is 1.11 bits per heavy atom. The highest BCUT2D eigenvalue weighted by Gasteiger charge is 2.07. The number of hydrogen-bond acceptors (Lipinski definition) is 3. The van der Waals surface area contributed by atoms with Crippen molar-refractivity contribution in [2.75, 3.05) is 7.05 Å². The van der Waals surface area contributed by atoms with Crippen LogP contribution in [0, 0.1) is 10.1 Å². The van der Waals surface area contributed by atoms with Crippen LogP contribution in [0.5, 0.6) is 0 Å². The van der Waals surface area contributed by atoms with Crippen LogP contribution in [0.3, 0.4) is 0 Å². The van der Waals surface area contributed by atoms with Crippen molar-refractivity contribution in [3.05, 3.63) is 64.2 Å². The number of non-ortho nitro benzene ring substituents is 1. The minimum atomic E-state index is -0.374. The van der Waals surface area contributed by atoms with Crippen LogP contribution in [0.15, 0.2) is 48.5 Å². The summed E-state index contributed by atoms with van der Waals surface area (Å²) in [5, 5.41) is 13.9. The summed E-state index contributed by atoms with van der Waals surface area (Å²) in [6.07, 6.45) is 0. The van der Waals surface area contributed by atoms with Crippen LogP contribution in [0.1, 0.15) is 18.5 Å². The number of hydrogen-bond donors (Lipinski definition) is 1. The Morgan fingerprint density at radius 3 is 2.37 bits per heavy atom. The first-order chi connectivity index (χ1) is 9.11. The van der Waals surface area contributed by atoms with Gasteiger partial charge in [0.25, 0.3) is 5.69 Å². The maximum absolute atomic E-state index is 10.8. The van der Waals surface area contributed by atoms with E-state index >= 15 is 0 Å². The average molecular weight is 256 g/mol. The molecule has 0 fully saturated rings. The van der Waals surface area contributed by atoms with Crippen molar-refractivity contribution >= 4 is 5.69 Å². The Balaban J connectivity index is 2.32. The Labute approximate surface area is 112 Å². The summed E-state index contributed by atoms with van der Waals surface area (Å²) in [6, 6.07) is 15.0. The zero-order valence-corrected chi connectivity index (χ0v) is 11.0. The SMILES string of the molecule is CNC(C)c1ccc(-c2cccc([N+](=O)[O-])c2)cc1. The van der Waals surface area contributed by atoms with E-state index in [1.165, 1.54) is 11.6 Å². The summed E-state index contributed by atoms with van der Waals surface area (Å²) in [6.45, 7) is 2.09. The van der Waals surface area contributed by atoms with Gasteiger partial charge < -0.3 is 5.32 Å². The molecule has 4 nitrogen and oxygen atoms in total. The third-order valence-corrected chi connectivity index (χ3v) is 3.23. The molecule has 0 bridgehead atoms. The third kappa shape index (κ3) is 2.98. The predicted molar refractivity (Wildman–Crippen MR) is 76.0 cm³/mol. The van der Waals surface area contributed by atoms with Crippen LogP contribution in [0.25, 0.3) is 11.1 Å². The molecule has 0 aromatic heterocycles. The molecule has 4 heteroatoms. The van der Waals surface area contributed by atoms with Gasteiger partial charge in [0.1, 0.15) is 0 Å². The van der Waals surface area contributed by atoms with Crippen molar-refractivity contribution in [3.8, 4) is 11.1 Å². The fourth-order valence-corrected chi connectivity index (χ4v) is 1.93. The van der Waals surface area contributed by atoms with Gasteiger partial charge in [0.2, 0.25) is 0 Å². The van der Waals surface area contributed by atoms with Gasteiger partial charge in [0.05, 0.1) is 4.92 Å². The van der Waals surface area contributed by atoms with Gasteiger partial charge >= 0.3 is 0 Å². The molecule has 0 aliphatic rings. The van der Waals surface area contributed by atoms with E-state index in [2.05, 4.69) is 12.2 Å². The highest BCUT2D eigenvalue weighted by atomic mass is 16.6. The lowest BCUT2D eigenvalue weighted by Gasteiger charge is -2.11. The van der Waals surface area contributed by atoms with Gasteiger partial charge in [-0.2, -0.15) is 0 Å². The number of rotatable bonds is 4. The highest BCUT2D eigenvalue weighted by molar-refractivity contribution is 5.66. The molecule has 0 heterocycles. The summed E-state index contributed by atoms with van der Waals surface area (Å²) < 4.78 is 0. The van der Waals surface area contributed by atoms with Crippen molar-refractivity contribution in [2.24, 2.45) is 0 Å². The van der Waals surface area contributed by atoms with Crippen molar-refractivity contribution in [1.82, 2.24) is 5.32 Å². The van der Waals surface area contributed by atoms with Gasteiger partial charge in [-0.25, -0.2) is 0 Å². The van der Waals surface area contributed by atoms with Crippen molar-refractivity contribution in [2.45, 2.75) is 13.0 Å². The lowest BCUT2D eigenvalue weighted by molar-refractivity contribution is -0.384. The van der Waals surface area contributed by atoms with Crippen molar-refractivity contribution < 1.29 is 4.92 Å². The zero-order valence-electron chi connectivity index (χ0n) is 11.0. The van der Waals surface area contributed by atoms with E-state index in [9.17, 15) is 10.1 Å². The number of benzene rings is 2. The number of nitro benzene ring substituents is 1. The van der Waals surface area contributed by atoms with Crippen LogP contribution in [0.4, 0.5) is 5.69 Å². The fraction of sp³-hybridized carbons (Fsp3) is 0.200. The first-order valence-corrected chi connectivity index (χ1v) is 6.14. The molecular formula is C15H16N2O2. The maximum Gasteiger partial charge on any atom is 0.270 e. The van der Waals surface area contributed by atoms with Crippen LogP contribution >= 0.6 is 0 Å². The van der Waals surface area contributed by atoms with E-state index in [1.807, 2.05) is 37.4 Å². The second-order valence-electron chi connectivity index (χ2n) is 4.44. The van der Waals surface area contributed by atoms with Crippen molar-refractivity contribution in [1.29, 1.82) is 0 Å². The predicted octanol–water partition coefficient (Wildman–Crippen LogP) is 3.54. The van der Waals surface area contributed by atoms with Crippen LogP contribution in [0.2, 0.25) is 0 Å². The molecule has 0 aliphatic heterocycles. The normalized spacial score (nSPS) is 12.1. The van der Waals surface area contributed by atoms with E-state index in [4.69, 9.17) is 0 Å². The number of nitrogens with one attached hydrogen (secondary N) is 1.